The molecule has 0 fully saturated rings. The summed E-state index contributed by atoms with van der Waals surface area (Å²) in [4.78, 5) is 0. The molecule has 1 unspecified atom stereocenters. The Hall–Kier alpha value is -1.74. The number of anilines is 1. The van der Waals surface area contributed by atoms with E-state index in [2.05, 4.69) is 64.6 Å². The fourth-order valence-electron chi connectivity index (χ4n) is 2.44. The van der Waals surface area contributed by atoms with Gasteiger partial charge in [-0.3, -0.25) is 0 Å². The lowest BCUT2D eigenvalue weighted by atomic mass is 10.1. The molecule has 0 radical (unpaired) electrons. The summed E-state index contributed by atoms with van der Waals surface area (Å²) in [6.07, 6.45) is 2.59. The molecule has 3 heteroatoms. The molecule has 2 nitrogen and oxygen atoms in total. The molecule has 0 bridgehead atoms. The fourth-order valence-corrected chi connectivity index (χ4v) is 2.91. The highest BCUT2D eigenvalue weighted by atomic mass is 79.9. The summed E-state index contributed by atoms with van der Waals surface area (Å²) in [6.45, 7) is 2.17. The lowest BCUT2D eigenvalue weighted by molar-refractivity contribution is 0.498. The molecule has 2 aromatic carbocycles. The number of halogens is 1. The van der Waals surface area contributed by atoms with E-state index in [0.29, 0.717) is 6.04 Å². The van der Waals surface area contributed by atoms with Crippen molar-refractivity contribution in [2.45, 2.75) is 19.4 Å². The number of benzene rings is 2. The number of hydrogen-bond donors (Lipinski definition) is 1. The zero-order chi connectivity index (χ0) is 13.9. The van der Waals surface area contributed by atoms with Crippen LogP contribution < -0.4 is 5.32 Å². The van der Waals surface area contributed by atoms with Crippen molar-refractivity contribution in [3.8, 4) is 0 Å². The molecule has 102 valence electrons. The summed E-state index contributed by atoms with van der Waals surface area (Å²) in [5, 5.41) is 6.02. The summed E-state index contributed by atoms with van der Waals surface area (Å²) >= 11 is 3.60. The van der Waals surface area contributed by atoms with Crippen molar-refractivity contribution in [2.75, 3.05) is 5.32 Å². The second kappa shape index (κ2) is 5.71. The lowest BCUT2D eigenvalue weighted by Crippen LogP contribution is -2.17. The average Bonchev–Trinajstić information content (AvgIpc) is 2.95. The van der Waals surface area contributed by atoms with E-state index in [1.54, 1.807) is 6.26 Å². The van der Waals surface area contributed by atoms with Crippen LogP contribution in [0.5, 0.6) is 0 Å². The molecule has 1 N–H and O–H groups in total. The van der Waals surface area contributed by atoms with E-state index in [1.807, 2.05) is 12.1 Å². The van der Waals surface area contributed by atoms with Crippen molar-refractivity contribution in [3.63, 3.8) is 0 Å². The first kappa shape index (κ1) is 13.3. The molecule has 0 aliphatic heterocycles. The zero-order valence-corrected chi connectivity index (χ0v) is 12.9. The largest absolute Gasteiger partial charge is 0.469 e. The minimum absolute atomic E-state index is 0.311. The Balaban J connectivity index is 1.85. The van der Waals surface area contributed by atoms with Gasteiger partial charge in [0.25, 0.3) is 0 Å². The molecule has 0 saturated heterocycles. The molecular formula is C17H16BrNO. The first-order valence-electron chi connectivity index (χ1n) is 6.70. The highest BCUT2D eigenvalue weighted by molar-refractivity contribution is 9.10. The quantitative estimate of drug-likeness (QED) is 0.708. The molecule has 0 aliphatic rings. The zero-order valence-electron chi connectivity index (χ0n) is 11.3. The standard InChI is InChI=1S/C17H16BrNO/c1-12(11-13-5-4-10-20-13)19-17-9-8-16(18)14-6-2-3-7-15(14)17/h2-10,12,19H,11H2,1H3. The van der Waals surface area contributed by atoms with E-state index >= 15 is 0 Å². The predicted octanol–water partition coefficient (Wildman–Crippen LogP) is 5.24. The molecule has 1 heterocycles. The van der Waals surface area contributed by atoms with E-state index in [-0.39, 0.29) is 0 Å². The van der Waals surface area contributed by atoms with Crippen molar-refractivity contribution in [2.24, 2.45) is 0 Å². The monoisotopic (exact) mass is 329 g/mol. The third-order valence-corrected chi connectivity index (χ3v) is 4.05. The van der Waals surface area contributed by atoms with Crippen LogP contribution in [0, 0.1) is 0 Å². The molecule has 20 heavy (non-hydrogen) atoms. The van der Waals surface area contributed by atoms with Crippen molar-refractivity contribution >= 4 is 32.4 Å². The third kappa shape index (κ3) is 2.73. The van der Waals surface area contributed by atoms with E-state index < -0.39 is 0 Å². The third-order valence-electron chi connectivity index (χ3n) is 3.36. The number of nitrogens with one attached hydrogen (secondary N) is 1. The fraction of sp³-hybridized carbons (Fsp3) is 0.176. The van der Waals surface area contributed by atoms with Crippen LogP contribution in [0.2, 0.25) is 0 Å². The lowest BCUT2D eigenvalue weighted by Gasteiger charge is -2.16. The van der Waals surface area contributed by atoms with E-state index in [4.69, 9.17) is 4.42 Å². The van der Waals surface area contributed by atoms with Crippen LogP contribution in [-0.2, 0) is 6.42 Å². The number of fused-ring (bicyclic) bond motifs is 1. The second-order valence-electron chi connectivity index (χ2n) is 4.97. The van der Waals surface area contributed by atoms with Gasteiger partial charge in [-0.15, -0.1) is 0 Å². The van der Waals surface area contributed by atoms with Crippen molar-refractivity contribution in [1.29, 1.82) is 0 Å². The van der Waals surface area contributed by atoms with Gasteiger partial charge in [-0.25, -0.2) is 0 Å². The average molecular weight is 330 g/mol. The molecule has 3 aromatic rings. The van der Waals surface area contributed by atoms with Gasteiger partial charge >= 0.3 is 0 Å². The Morgan fingerprint density at radius 3 is 2.60 bits per heavy atom. The Kier molecular flexibility index (Phi) is 3.79. The highest BCUT2D eigenvalue weighted by Gasteiger charge is 2.09. The van der Waals surface area contributed by atoms with Crippen LogP contribution in [0.1, 0.15) is 12.7 Å². The maximum atomic E-state index is 5.40. The highest BCUT2D eigenvalue weighted by Crippen LogP contribution is 2.30. The smallest absolute Gasteiger partial charge is 0.105 e. The van der Waals surface area contributed by atoms with Gasteiger partial charge in [-0.2, -0.15) is 0 Å². The van der Waals surface area contributed by atoms with Crippen LogP contribution in [0.25, 0.3) is 10.8 Å². The first-order chi connectivity index (χ1) is 9.74. The van der Waals surface area contributed by atoms with Gasteiger partial charge in [-0.05, 0) is 36.6 Å². The van der Waals surface area contributed by atoms with Gasteiger partial charge in [0, 0.05) is 28.0 Å². The van der Waals surface area contributed by atoms with Crippen LogP contribution in [0.3, 0.4) is 0 Å². The van der Waals surface area contributed by atoms with Gasteiger partial charge in [0.2, 0.25) is 0 Å². The van der Waals surface area contributed by atoms with Gasteiger partial charge in [0.15, 0.2) is 0 Å². The van der Waals surface area contributed by atoms with Crippen molar-refractivity contribution in [3.05, 3.63) is 65.0 Å². The van der Waals surface area contributed by atoms with Crippen LogP contribution >= 0.6 is 15.9 Å². The molecule has 0 spiro atoms. The van der Waals surface area contributed by atoms with Crippen LogP contribution in [-0.4, -0.2) is 6.04 Å². The minimum atomic E-state index is 0.311. The molecule has 0 amide bonds. The second-order valence-corrected chi connectivity index (χ2v) is 5.82. The summed E-state index contributed by atoms with van der Waals surface area (Å²) < 4.78 is 6.52. The first-order valence-corrected chi connectivity index (χ1v) is 7.49. The number of rotatable bonds is 4. The predicted molar refractivity (Wildman–Crippen MR) is 87.1 cm³/mol. The SMILES string of the molecule is CC(Cc1ccco1)Nc1ccc(Br)c2ccccc12. The molecule has 1 atom stereocenters. The Morgan fingerprint density at radius 2 is 1.85 bits per heavy atom. The van der Waals surface area contributed by atoms with Crippen molar-refractivity contribution < 1.29 is 4.42 Å². The Morgan fingerprint density at radius 1 is 1.05 bits per heavy atom. The minimum Gasteiger partial charge on any atom is -0.469 e. The maximum Gasteiger partial charge on any atom is 0.105 e. The van der Waals surface area contributed by atoms with Gasteiger partial charge < -0.3 is 9.73 Å². The summed E-state index contributed by atoms with van der Waals surface area (Å²) in [7, 11) is 0. The van der Waals surface area contributed by atoms with E-state index in [9.17, 15) is 0 Å². The van der Waals surface area contributed by atoms with Crippen molar-refractivity contribution in [1.82, 2.24) is 0 Å². The topological polar surface area (TPSA) is 25.2 Å². The molecule has 1 aromatic heterocycles. The summed E-state index contributed by atoms with van der Waals surface area (Å²) in [6, 6.07) is 16.8. The number of hydrogen-bond acceptors (Lipinski definition) is 2. The molecule has 0 aliphatic carbocycles. The van der Waals surface area contributed by atoms with Gasteiger partial charge in [0.05, 0.1) is 6.26 Å². The Bertz CT molecular complexity index is 706. The summed E-state index contributed by atoms with van der Waals surface area (Å²) in [5.41, 5.74) is 1.16. The maximum absolute atomic E-state index is 5.40. The van der Waals surface area contributed by atoms with Gasteiger partial charge in [0.1, 0.15) is 5.76 Å². The van der Waals surface area contributed by atoms with E-state index in [0.717, 1.165) is 22.3 Å². The van der Waals surface area contributed by atoms with Crippen LogP contribution in [0.4, 0.5) is 5.69 Å². The summed E-state index contributed by atoms with van der Waals surface area (Å²) in [5.74, 6) is 1.01. The molecule has 0 saturated carbocycles. The van der Waals surface area contributed by atoms with Crippen LogP contribution in [0.15, 0.2) is 63.7 Å². The normalized spacial score (nSPS) is 12.5. The number of furan rings is 1. The van der Waals surface area contributed by atoms with E-state index in [1.165, 1.54) is 10.8 Å². The molecule has 3 rings (SSSR count). The molecular weight excluding hydrogens is 314 g/mol. The van der Waals surface area contributed by atoms with Gasteiger partial charge in [-0.1, -0.05) is 40.2 Å². The Labute approximate surface area is 126 Å².